The largest absolute Gasteiger partial charge is 0.307 e. The quantitative estimate of drug-likeness (QED) is 0.151. The van der Waals surface area contributed by atoms with Gasteiger partial charge in [-0.25, -0.2) is 8.96 Å². The van der Waals surface area contributed by atoms with Gasteiger partial charge in [0.2, 0.25) is 5.52 Å². The smallest absolute Gasteiger partial charge is 0.224 e. The normalized spacial score (nSPS) is 13.0. The molecule has 0 aliphatic rings. The van der Waals surface area contributed by atoms with Crippen LogP contribution in [0.3, 0.4) is 0 Å². The Labute approximate surface area is 187 Å². The number of benzene rings is 3. The van der Waals surface area contributed by atoms with Gasteiger partial charge in [-0.15, -0.1) is 0 Å². The topological polar surface area (TPSA) is 8.29 Å². The van der Waals surface area contributed by atoms with Gasteiger partial charge in [0.15, 0.2) is 6.20 Å². The van der Waals surface area contributed by atoms with Crippen LogP contribution < -0.4 is 4.57 Å². The van der Waals surface area contributed by atoms with Crippen LogP contribution >= 0.6 is 0 Å². The van der Waals surface area contributed by atoms with Gasteiger partial charge in [0.1, 0.15) is 12.9 Å². The molecule has 0 aliphatic heterocycles. The average molecular weight is 424 g/mol. The van der Waals surface area contributed by atoms with Crippen LogP contribution in [0.25, 0.3) is 49.0 Å². The van der Waals surface area contributed by atoms with Gasteiger partial charge in [0.25, 0.3) is 0 Å². The van der Waals surface area contributed by atoms with Crippen LogP contribution in [0.5, 0.6) is 0 Å². The van der Waals surface area contributed by atoms with E-state index < -0.39 is 0 Å². The first-order valence-electron chi connectivity index (χ1n) is 11.3. The molecule has 0 amide bonds. The first-order chi connectivity index (χ1) is 15.2. The molecule has 3 aromatic heterocycles. The SMILES string of the molecule is Cc1c(F)c2c3ccccc3n3c4cc(CC(C)(C)C)cc5cc[n+](C)c(c(c1C)c23)c54. The highest BCUT2D eigenvalue weighted by Gasteiger charge is 2.27. The predicted molar refractivity (Wildman–Crippen MR) is 132 cm³/mol. The molecule has 0 N–H and O–H groups in total. The van der Waals surface area contributed by atoms with Gasteiger partial charge in [-0.3, -0.25) is 0 Å². The van der Waals surface area contributed by atoms with E-state index in [2.05, 4.69) is 86.3 Å². The van der Waals surface area contributed by atoms with Crippen LogP contribution in [-0.2, 0) is 13.5 Å². The van der Waals surface area contributed by atoms with E-state index in [1.54, 1.807) is 0 Å². The summed E-state index contributed by atoms with van der Waals surface area (Å²) in [6.45, 7) is 10.8. The van der Waals surface area contributed by atoms with Crippen molar-refractivity contribution < 1.29 is 8.96 Å². The number of aryl methyl sites for hydroxylation is 2. The molecular weight excluding hydrogens is 395 g/mol. The summed E-state index contributed by atoms with van der Waals surface area (Å²) in [7, 11) is 2.10. The molecule has 6 aromatic rings. The maximum absolute atomic E-state index is 15.8. The lowest BCUT2D eigenvalue weighted by Gasteiger charge is -2.20. The van der Waals surface area contributed by atoms with Crippen molar-refractivity contribution in [1.82, 2.24) is 4.40 Å². The standard InChI is InChI=1S/C29H28FN2/c1-16-17(2)26(30)25-20-9-7-8-10-21(20)32-22-14-18(15-29(3,4)5)13-19-11-12-31(6)27(24(19)22)23(16)28(25)32/h7-14H,15H2,1-6H3/q+1. The van der Waals surface area contributed by atoms with Crippen molar-refractivity contribution in [2.75, 3.05) is 0 Å². The second kappa shape index (κ2) is 6.19. The third-order valence-corrected chi connectivity index (χ3v) is 7.08. The Morgan fingerprint density at radius 2 is 1.66 bits per heavy atom. The van der Waals surface area contributed by atoms with Crippen LogP contribution in [0.2, 0.25) is 0 Å². The highest BCUT2D eigenvalue weighted by atomic mass is 19.1. The number of hydrogen-bond donors (Lipinski definition) is 0. The molecule has 0 fully saturated rings. The van der Waals surface area contributed by atoms with E-state index in [4.69, 9.17) is 0 Å². The van der Waals surface area contributed by atoms with Crippen LogP contribution in [0, 0.1) is 25.1 Å². The van der Waals surface area contributed by atoms with E-state index in [1.807, 2.05) is 13.0 Å². The summed E-state index contributed by atoms with van der Waals surface area (Å²) >= 11 is 0. The molecule has 160 valence electrons. The summed E-state index contributed by atoms with van der Waals surface area (Å²) in [5, 5.41) is 5.36. The molecule has 0 unspecified atom stereocenters. The Balaban J connectivity index is 2.01. The summed E-state index contributed by atoms with van der Waals surface area (Å²) in [6.07, 6.45) is 3.13. The van der Waals surface area contributed by atoms with Crippen molar-refractivity contribution in [2.45, 2.75) is 41.0 Å². The highest BCUT2D eigenvalue weighted by Crippen LogP contribution is 2.43. The Kier molecular flexibility index (Phi) is 3.77. The Morgan fingerprint density at radius 1 is 0.906 bits per heavy atom. The fraction of sp³-hybridized carbons (Fsp3) is 0.276. The van der Waals surface area contributed by atoms with E-state index in [9.17, 15) is 0 Å². The van der Waals surface area contributed by atoms with Crippen molar-refractivity contribution >= 4 is 49.0 Å². The van der Waals surface area contributed by atoms with Gasteiger partial charge in [0, 0.05) is 16.8 Å². The lowest BCUT2D eigenvalue weighted by Crippen LogP contribution is -2.29. The van der Waals surface area contributed by atoms with E-state index >= 15 is 4.39 Å². The first-order valence-corrected chi connectivity index (χ1v) is 11.3. The molecule has 2 nitrogen and oxygen atoms in total. The van der Waals surface area contributed by atoms with Crippen LogP contribution in [-0.4, -0.2) is 4.40 Å². The number of halogens is 1. The maximum atomic E-state index is 15.8. The zero-order chi connectivity index (χ0) is 22.5. The first kappa shape index (κ1) is 19.5. The average Bonchev–Trinajstić information content (AvgIpc) is 3.08. The lowest BCUT2D eigenvalue weighted by atomic mass is 9.87. The molecule has 6 rings (SSSR count). The molecule has 0 bridgehead atoms. The highest BCUT2D eigenvalue weighted by molar-refractivity contribution is 6.26. The van der Waals surface area contributed by atoms with Crippen molar-refractivity contribution in [1.29, 1.82) is 0 Å². The number of pyridine rings is 2. The summed E-state index contributed by atoms with van der Waals surface area (Å²) in [4.78, 5) is 0. The Hall–Kier alpha value is -3.20. The van der Waals surface area contributed by atoms with Crippen LogP contribution in [0.1, 0.15) is 37.5 Å². The van der Waals surface area contributed by atoms with Crippen molar-refractivity contribution in [3.05, 3.63) is 71.2 Å². The van der Waals surface area contributed by atoms with E-state index in [0.29, 0.717) is 0 Å². The molecule has 0 saturated heterocycles. The molecule has 0 aliphatic carbocycles. The second-order valence-electron chi connectivity index (χ2n) is 10.6. The number of rotatable bonds is 1. The minimum absolute atomic E-state index is 0.0969. The molecule has 0 saturated carbocycles. The Morgan fingerprint density at radius 3 is 2.41 bits per heavy atom. The van der Waals surface area contributed by atoms with E-state index in [-0.39, 0.29) is 11.2 Å². The monoisotopic (exact) mass is 423 g/mol. The van der Waals surface area contributed by atoms with Gasteiger partial charge in [-0.05, 0) is 59.9 Å². The molecule has 3 heteroatoms. The molecule has 3 aromatic carbocycles. The molecule has 3 heterocycles. The third-order valence-electron chi connectivity index (χ3n) is 7.08. The van der Waals surface area contributed by atoms with E-state index in [1.165, 1.54) is 21.9 Å². The zero-order valence-corrected chi connectivity index (χ0v) is 19.6. The van der Waals surface area contributed by atoms with Gasteiger partial charge in [0.05, 0.1) is 27.3 Å². The lowest BCUT2D eigenvalue weighted by molar-refractivity contribution is -0.643. The van der Waals surface area contributed by atoms with Crippen molar-refractivity contribution in [3.63, 3.8) is 0 Å². The number of para-hydroxylation sites is 1. The molecule has 0 spiro atoms. The third kappa shape index (κ3) is 2.42. The number of nitrogens with zero attached hydrogens (tertiary/aromatic N) is 2. The molecule has 32 heavy (non-hydrogen) atoms. The van der Waals surface area contributed by atoms with Crippen molar-refractivity contribution in [3.8, 4) is 0 Å². The maximum Gasteiger partial charge on any atom is 0.224 e. The van der Waals surface area contributed by atoms with Crippen LogP contribution in [0.15, 0.2) is 48.7 Å². The zero-order valence-electron chi connectivity index (χ0n) is 19.6. The fourth-order valence-corrected chi connectivity index (χ4v) is 5.69. The summed E-state index contributed by atoms with van der Waals surface area (Å²) in [6, 6.07) is 15.1. The minimum Gasteiger partial charge on any atom is -0.307 e. The fourth-order valence-electron chi connectivity index (χ4n) is 5.69. The Bertz CT molecular complexity index is 1710. The van der Waals surface area contributed by atoms with Crippen molar-refractivity contribution in [2.24, 2.45) is 12.5 Å². The summed E-state index contributed by atoms with van der Waals surface area (Å²) in [5.41, 5.74) is 7.66. The van der Waals surface area contributed by atoms with Gasteiger partial charge in [-0.2, -0.15) is 0 Å². The number of fused-ring (bicyclic) bond motifs is 5. The molecule has 0 atom stereocenters. The van der Waals surface area contributed by atoms with Gasteiger partial charge < -0.3 is 4.40 Å². The summed E-state index contributed by atoms with van der Waals surface area (Å²) in [5.74, 6) is -0.0969. The van der Waals surface area contributed by atoms with E-state index in [0.717, 1.165) is 50.3 Å². The van der Waals surface area contributed by atoms with Gasteiger partial charge >= 0.3 is 0 Å². The molecular formula is C29H28FN2+. The number of aromatic nitrogens is 2. The summed E-state index contributed by atoms with van der Waals surface area (Å²) < 4.78 is 20.3. The van der Waals surface area contributed by atoms with Crippen LogP contribution in [0.4, 0.5) is 4.39 Å². The molecule has 0 radical (unpaired) electrons. The predicted octanol–water partition coefficient (Wildman–Crippen LogP) is 7.16. The van der Waals surface area contributed by atoms with Gasteiger partial charge in [-0.1, -0.05) is 45.0 Å². The minimum atomic E-state index is -0.0969. The number of hydrogen-bond acceptors (Lipinski definition) is 0. The second-order valence-corrected chi connectivity index (χ2v) is 10.6.